The number of aromatic nitrogens is 3. The molecule has 33 heavy (non-hydrogen) atoms. The van der Waals surface area contributed by atoms with Gasteiger partial charge in [-0.05, 0) is 25.0 Å². The number of nitrogens with one attached hydrogen (secondary N) is 3. The first-order valence-electron chi connectivity index (χ1n) is 10.9. The molecule has 9 nitrogen and oxygen atoms in total. The van der Waals surface area contributed by atoms with E-state index in [0.717, 1.165) is 22.9 Å². The van der Waals surface area contributed by atoms with Crippen LogP contribution in [0.25, 0.3) is 5.00 Å². The van der Waals surface area contributed by atoms with Gasteiger partial charge in [0.05, 0.1) is 24.6 Å². The molecule has 1 amide bonds. The van der Waals surface area contributed by atoms with E-state index >= 15 is 0 Å². The number of hydrogen-bond acceptors (Lipinski definition) is 9. The first-order valence-corrected chi connectivity index (χ1v) is 12.7. The first kappa shape index (κ1) is 21.1. The van der Waals surface area contributed by atoms with E-state index < -0.39 is 0 Å². The third-order valence-corrected chi connectivity index (χ3v) is 8.22. The van der Waals surface area contributed by atoms with Gasteiger partial charge in [0, 0.05) is 23.4 Å². The SMILES string of the molecule is CC1(C)Cc2c(sc3c2C2NCNN2c2nnc(SCC(=O)NCc4ccccc4)n2-3)CO1. The average Bonchev–Trinajstić information content (AvgIpc) is 3.52. The maximum absolute atomic E-state index is 12.5. The number of thiophene rings is 1. The number of benzene rings is 1. The summed E-state index contributed by atoms with van der Waals surface area (Å²) in [5.41, 5.74) is 6.87. The number of amides is 1. The molecule has 3 aromatic rings. The molecule has 1 atom stereocenters. The van der Waals surface area contributed by atoms with Gasteiger partial charge < -0.3 is 10.1 Å². The van der Waals surface area contributed by atoms with E-state index in [-0.39, 0.29) is 23.4 Å². The zero-order valence-electron chi connectivity index (χ0n) is 18.4. The fourth-order valence-electron chi connectivity index (χ4n) is 4.50. The van der Waals surface area contributed by atoms with Gasteiger partial charge in [-0.15, -0.1) is 21.5 Å². The predicted octanol–water partition coefficient (Wildman–Crippen LogP) is 2.47. The minimum Gasteiger partial charge on any atom is -0.370 e. The maximum Gasteiger partial charge on any atom is 0.249 e. The molecule has 3 aliphatic heterocycles. The summed E-state index contributed by atoms with van der Waals surface area (Å²) < 4.78 is 8.17. The summed E-state index contributed by atoms with van der Waals surface area (Å²) in [7, 11) is 0. The molecule has 6 rings (SSSR count). The van der Waals surface area contributed by atoms with Crippen LogP contribution in [0.4, 0.5) is 5.95 Å². The van der Waals surface area contributed by atoms with Gasteiger partial charge in [-0.2, -0.15) is 0 Å². The number of carbonyl (C=O) groups is 1. The van der Waals surface area contributed by atoms with Crippen molar-refractivity contribution in [3.63, 3.8) is 0 Å². The lowest BCUT2D eigenvalue weighted by molar-refractivity contribution is -0.118. The molecule has 2 aromatic heterocycles. The van der Waals surface area contributed by atoms with Crippen molar-refractivity contribution in [3.8, 4) is 5.00 Å². The highest BCUT2D eigenvalue weighted by molar-refractivity contribution is 7.99. The predicted molar refractivity (Wildman–Crippen MR) is 127 cm³/mol. The number of ether oxygens (including phenoxy) is 1. The second kappa shape index (κ2) is 8.10. The zero-order valence-corrected chi connectivity index (χ0v) is 20.1. The largest absolute Gasteiger partial charge is 0.370 e. The fourth-order valence-corrected chi connectivity index (χ4v) is 6.58. The molecule has 3 N–H and O–H groups in total. The Bertz CT molecular complexity index is 1210. The van der Waals surface area contributed by atoms with Gasteiger partial charge in [-0.1, -0.05) is 42.1 Å². The molecule has 1 fully saturated rings. The monoisotopic (exact) mass is 483 g/mol. The molecule has 1 saturated heterocycles. The number of carbonyl (C=O) groups excluding carboxylic acids is 1. The van der Waals surface area contributed by atoms with E-state index in [9.17, 15) is 4.79 Å². The molecule has 5 heterocycles. The lowest BCUT2D eigenvalue weighted by Crippen LogP contribution is -2.40. The number of hydrazine groups is 1. The molecule has 0 radical (unpaired) electrons. The van der Waals surface area contributed by atoms with Crippen molar-refractivity contribution in [2.45, 2.75) is 50.3 Å². The van der Waals surface area contributed by atoms with Crippen molar-refractivity contribution in [1.29, 1.82) is 0 Å². The van der Waals surface area contributed by atoms with Crippen LogP contribution in [0, 0.1) is 0 Å². The standard InChI is InChI=1S/C22H25N7O2S2/c1-22(2)8-14-15(10-31-22)33-19-17(14)18-24-12-25-29(18)20-26-27-21(28(19)20)32-11-16(30)23-9-13-6-4-3-5-7-13/h3-7,18,24-25H,8-12H2,1-2H3,(H,23,30). The molecule has 3 aliphatic rings. The van der Waals surface area contributed by atoms with Crippen LogP contribution in [0.1, 0.15) is 41.6 Å². The number of nitrogens with zero attached hydrogens (tertiary/aromatic N) is 4. The summed E-state index contributed by atoms with van der Waals surface area (Å²) in [5, 5.41) is 19.3. The van der Waals surface area contributed by atoms with Crippen molar-refractivity contribution >= 4 is 35.0 Å². The molecule has 172 valence electrons. The molecule has 0 saturated carbocycles. The summed E-state index contributed by atoms with van der Waals surface area (Å²) in [5.74, 6) is 0.983. The highest BCUT2D eigenvalue weighted by atomic mass is 32.2. The Morgan fingerprint density at radius 2 is 2.18 bits per heavy atom. The van der Waals surface area contributed by atoms with Gasteiger partial charge in [0.1, 0.15) is 11.2 Å². The Labute approximate surface area is 199 Å². The van der Waals surface area contributed by atoms with E-state index in [1.54, 1.807) is 11.3 Å². The summed E-state index contributed by atoms with van der Waals surface area (Å²) in [6, 6.07) is 9.91. The molecule has 11 heteroatoms. The van der Waals surface area contributed by atoms with Gasteiger partial charge in [0.15, 0.2) is 5.16 Å². The molecule has 1 aromatic carbocycles. The molecular weight excluding hydrogens is 458 g/mol. The van der Waals surface area contributed by atoms with E-state index in [2.05, 4.69) is 44.7 Å². The van der Waals surface area contributed by atoms with Crippen molar-refractivity contribution in [3.05, 3.63) is 51.9 Å². The van der Waals surface area contributed by atoms with Gasteiger partial charge in [-0.25, -0.2) is 9.99 Å². The number of fused-ring (bicyclic) bond motifs is 8. The van der Waals surface area contributed by atoms with Gasteiger partial charge in [0.2, 0.25) is 11.9 Å². The smallest absolute Gasteiger partial charge is 0.249 e. The van der Waals surface area contributed by atoms with Gasteiger partial charge in [-0.3, -0.25) is 15.1 Å². The molecule has 0 spiro atoms. The van der Waals surface area contributed by atoms with Crippen LogP contribution in [-0.4, -0.2) is 38.7 Å². The topological polar surface area (TPSA) is 96.3 Å². The molecule has 0 bridgehead atoms. The van der Waals surface area contributed by atoms with Crippen LogP contribution >= 0.6 is 23.1 Å². The normalized spacial score (nSPS) is 20.1. The average molecular weight is 484 g/mol. The Morgan fingerprint density at radius 3 is 3.03 bits per heavy atom. The molecular formula is C22H25N7O2S2. The molecule has 0 aliphatic carbocycles. The number of hydrogen-bond donors (Lipinski definition) is 3. The number of anilines is 1. The van der Waals surface area contributed by atoms with Crippen molar-refractivity contribution in [2.24, 2.45) is 0 Å². The van der Waals surface area contributed by atoms with Crippen LogP contribution in [0.5, 0.6) is 0 Å². The van der Waals surface area contributed by atoms with Crippen molar-refractivity contribution in [1.82, 2.24) is 30.8 Å². The van der Waals surface area contributed by atoms with Gasteiger partial charge in [0.25, 0.3) is 0 Å². The second-order valence-electron chi connectivity index (χ2n) is 8.93. The highest BCUT2D eigenvalue weighted by Crippen LogP contribution is 2.48. The Morgan fingerprint density at radius 1 is 1.33 bits per heavy atom. The third kappa shape index (κ3) is 3.73. The van der Waals surface area contributed by atoms with E-state index in [0.29, 0.717) is 25.0 Å². The zero-order chi connectivity index (χ0) is 22.6. The first-order chi connectivity index (χ1) is 16.0. The lowest BCUT2D eigenvalue weighted by atomic mass is 9.92. The van der Waals surface area contributed by atoms with E-state index in [1.807, 2.05) is 35.3 Å². The van der Waals surface area contributed by atoms with Crippen LogP contribution in [0.2, 0.25) is 0 Å². The summed E-state index contributed by atoms with van der Waals surface area (Å²) in [6.07, 6.45) is 0.875. The fraction of sp³-hybridized carbons (Fsp3) is 0.409. The minimum atomic E-state index is -0.194. The highest BCUT2D eigenvalue weighted by Gasteiger charge is 2.43. The quantitative estimate of drug-likeness (QED) is 0.477. The lowest BCUT2D eigenvalue weighted by Gasteiger charge is -2.34. The summed E-state index contributed by atoms with van der Waals surface area (Å²) in [4.78, 5) is 13.8. The van der Waals surface area contributed by atoms with E-state index in [4.69, 9.17) is 4.74 Å². The maximum atomic E-state index is 12.5. The van der Waals surface area contributed by atoms with Crippen LogP contribution in [0.15, 0.2) is 35.5 Å². The minimum absolute atomic E-state index is 0.0117. The Kier molecular flexibility index (Phi) is 5.18. The van der Waals surface area contributed by atoms with Crippen molar-refractivity contribution in [2.75, 3.05) is 17.4 Å². The Balaban J connectivity index is 1.27. The number of thioether (sulfide) groups is 1. The van der Waals surface area contributed by atoms with Crippen LogP contribution in [0.3, 0.4) is 0 Å². The van der Waals surface area contributed by atoms with Gasteiger partial charge >= 0.3 is 0 Å². The van der Waals surface area contributed by atoms with Crippen LogP contribution < -0.4 is 21.1 Å². The Hall–Kier alpha value is -2.44. The summed E-state index contributed by atoms with van der Waals surface area (Å²) in [6.45, 7) is 6.07. The van der Waals surface area contributed by atoms with Crippen molar-refractivity contribution < 1.29 is 9.53 Å². The molecule has 1 unspecified atom stereocenters. The second-order valence-corrected chi connectivity index (χ2v) is 11.0. The van der Waals surface area contributed by atoms with E-state index in [1.165, 1.54) is 27.8 Å². The third-order valence-electron chi connectivity index (χ3n) is 6.08. The van der Waals surface area contributed by atoms with Crippen LogP contribution in [-0.2, 0) is 29.1 Å². The summed E-state index contributed by atoms with van der Waals surface area (Å²) >= 11 is 3.15. The number of rotatable bonds is 5.